The molecule has 2 aromatic carbocycles. The van der Waals surface area contributed by atoms with Crippen LogP contribution in [0.1, 0.15) is 12.5 Å². The highest BCUT2D eigenvalue weighted by Gasteiger charge is 2.15. The molecule has 1 N–H and O–H groups in total. The van der Waals surface area contributed by atoms with E-state index in [4.69, 9.17) is 4.74 Å². The van der Waals surface area contributed by atoms with Crippen LogP contribution in [0.2, 0.25) is 0 Å². The monoisotopic (exact) mass is 287 g/mol. The summed E-state index contributed by atoms with van der Waals surface area (Å²) in [4.78, 5) is 11.9. The van der Waals surface area contributed by atoms with Crippen molar-refractivity contribution in [2.24, 2.45) is 5.92 Å². The van der Waals surface area contributed by atoms with Crippen LogP contribution >= 0.6 is 0 Å². The highest BCUT2D eigenvalue weighted by Crippen LogP contribution is 2.13. The smallest absolute Gasteiger partial charge is 0.310 e. The Kier molecular flexibility index (Phi) is 5.32. The molecule has 4 heteroatoms. The van der Waals surface area contributed by atoms with Crippen LogP contribution in [0, 0.1) is 11.7 Å². The molecule has 0 aliphatic heterocycles. The van der Waals surface area contributed by atoms with Crippen molar-refractivity contribution in [2.45, 2.75) is 13.5 Å². The van der Waals surface area contributed by atoms with Crippen molar-refractivity contribution in [2.75, 3.05) is 11.9 Å². The van der Waals surface area contributed by atoms with E-state index in [0.29, 0.717) is 12.2 Å². The molecule has 0 amide bonds. The van der Waals surface area contributed by atoms with Gasteiger partial charge in [0.15, 0.2) is 0 Å². The van der Waals surface area contributed by atoms with Crippen LogP contribution in [-0.2, 0) is 16.1 Å². The number of esters is 1. The van der Waals surface area contributed by atoms with E-state index in [0.717, 1.165) is 5.56 Å². The van der Waals surface area contributed by atoms with Gasteiger partial charge in [0.2, 0.25) is 0 Å². The van der Waals surface area contributed by atoms with Crippen LogP contribution < -0.4 is 5.32 Å². The van der Waals surface area contributed by atoms with Crippen molar-refractivity contribution < 1.29 is 13.9 Å². The fraction of sp³-hybridized carbons (Fsp3) is 0.235. The van der Waals surface area contributed by atoms with Crippen molar-refractivity contribution in [3.05, 3.63) is 66.0 Å². The molecule has 0 fully saturated rings. The Hall–Kier alpha value is -2.36. The summed E-state index contributed by atoms with van der Waals surface area (Å²) in [5.74, 6) is -0.988. The minimum absolute atomic E-state index is 0.254. The van der Waals surface area contributed by atoms with E-state index in [1.54, 1.807) is 25.1 Å². The molecular formula is C17H18FNO2. The first-order valence-electron chi connectivity index (χ1n) is 6.86. The first kappa shape index (κ1) is 15.0. The number of carbonyl (C=O) groups excluding carboxylic acids is 1. The average Bonchev–Trinajstić information content (AvgIpc) is 2.52. The Morgan fingerprint density at radius 2 is 1.81 bits per heavy atom. The van der Waals surface area contributed by atoms with Gasteiger partial charge in [-0.15, -0.1) is 0 Å². The van der Waals surface area contributed by atoms with Gasteiger partial charge < -0.3 is 10.1 Å². The van der Waals surface area contributed by atoms with Crippen LogP contribution in [-0.4, -0.2) is 12.5 Å². The average molecular weight is 287 g/mol. The number of hydrogen-bond donors (Lipinski definition) is 1. The molecule has 2 rings (SSSR count). The standard InChI is InChI=1S/C17H18FNO2/c1-13(11-19-16-10-6-5-9-15(16)18)17(20)21-12-14-7-3-2-4-8-14/h2-10,13,19H,11-12H2,1H3. The Morgan fingerprint density at radius 3 is 2.52 bits per heavy atom. The largest absolute Gasteiger partial charge is 0.461 e. The maximum atomic E-state index is 13.4. The van der Waals surface area contributed by atoms with E-state index >= 15 is 0 Å². The number of benzene rings is 2. The van der Waals surface area contributed by atoms with Gasteiger partial charge in [0.1, 0.15) is 12.4 Å². The van der Waals surface area contributed by atoms with Gasteiger partial charge in [0.05, 0.1) is 11.6 Å². The molecule has 0 bridgehead atoms. The molecule has 0 aliphatic rings. The van der Waals surface area contributed by atoms with Crippen LogP contribution in [0.5, 0.6) is 0 Å². The van der Waals surface area contributed by atoms with Crippen molar-refractivity contribution in [1.29, 1.82) is 0 Å². The van der Waals surface area contributed by atoms with Crippen LogP contribution in [0.3, 0.4) is 0 Å². The number of para-hydroxylation sites is 1. The fourth-order valence-corrected chi connectivity index (χ4v) is 1.82. The molecule has 0 aromatic heterocycles. The number of nitrogens with one attached hydrogen (secondary N) is 1. The zero-order valence-electron chi connectivity index (χ0n) is 11.9. The van der Waals surface area contributed by atoms with E-state index in [2.05, 4.69) is 5.32 Å². The summed E-state index contributed by atoms with van der Waals surface area (Å²) in [6.45, 7) is 2.33. The molecule has 21 heavy (non-hydrogen) atoms. The molecule has 0 saturated heterocycles. The summed E-state index contributed by atoms with van der Waals surface area (Å²) >= 11 is 0. The first-order valence-corrected chi connectivity index (χ1v) is 6.86. The minimum atomic E-state index is -0.353. The number of rotatable bonds is 6. The zero-order chi connectivity index (χ0) is 15.1. The molecule has 1 atom stereocenters. The first-order chi connectivity index (χ1) is 10.2. The van der Waals surface area contributed by atoms with Gasteiger partial charge in [0, 0.05) is 6.54 Å². The second-order valence-electron chi connectivity index (χ2n) is 4.86. The number of anilines is 1. The highest BCUT2D eigenvalue weighted by atomic mass is 19.1. The molecule has 0 saturated carbocycles. The molecule has 0 heterocycles. The summed E-state index contributed by atoms with van der Waals surface area (Å²) in [6, 6.07) is 15.9. The Morgan fingerprint density at radius 1 is 1.14 bits per heavy atom. The molecular weight excluding hydrogens is 269 g/mol. The lowest BCUT2D eigenvalue weighted by Gasteiger charge is -2.13. The molecule has 0 spiro atoms. The molecule has 0 radical (unpaired) electrons. The second kappa shape index (κ2) is 7.43. The third-order valence-electron chi connectivity index (χ3n) is 3.10. The Bertz CT molecular complexity index is 586. The molecule has 3 nitrogen and oxygen atoms in total. The Labute approximate surface area is 123 Å². The van der Waals surface area contributed by atoms with Gasteiger partial charge in [-0.3, -0.25) is 4.79 Å². The number of hydrogen-bond acceptors (Lipinski definition) is 3. The van der Waals surface area contributed by atoms with Gasteiger partial charge in [-0.25, -0.2) is 4.39 Å². The van der Waals surface area contributed by atoms with Gasteiger partial charge in [-0.2, -0.15) is 0 Å². The fourth-order valence-electron chi connectivity index (χ4n) is 1.82. The quantitative estimate of drug-likeness (QED) is 0.825. The summed E-state index contributed by atoms with van der Waals surface area (Å²) in [5, 5.41) is 2.92. The van der Waals surface area contributed by atoms with Gasteiger partial charge in [-0.1, -0.05) is 49.4 Å². The third-order valence-corrected chi connectivity index (χ3v) is 3.10. The van der Waals surface area contributed by atoms with Crippen molar-refractivity contribution in [3.63, 3.8) is 0 Å². The van der Waals surface area contributed by atoms with Crippen molar-refractivity contribution in [1.82, 2.24) is 0 Å². The zero-order valence-corrected chi connectivity index (χ0v) is 11.9. The second-order valence-corrected chi connectivity index (χ2v) is 4.86. The number of halogens is 1. The Balaban J connectivity index is 1.79. The SMILES string of the molecule is CC(CNc1ccccc1F)C(=O)OCc1ccccc1. The van der Waals surface area contributed by atoms with Gasteiger partial charge >= 0.3 is 5.97 Å². The maximum Gasteiger partial charge on any atom is 0.310 e. The van der Waals surface area contributed by atoms with Gasteiger partial charge in [-0.05, 0) is 17.7 Å². The van der Waals surface area contributed by atoms with Gasteiger partial charge in [0.25, 0.3) is 0 Å². The van der Waals surface area contributed by atoms with E-state index < -0.39 is 0 Å². The van der Waals surface area contributed by atoms with E-state index in [1.807, 2.05) is 30.3 Å². The number of ether oxygens (including phenoxy) is 1. The number of carbonyl (C=O) groups is 1. The third kappa shape index (κ3) is 4.60. The molecule has 110 valence electrons. The van der Waals surface area contributed by atoms with E-state index in [1.165, 1.54) is 6.07 Å². The minimum Gasteiger partial charge on any atom is -0.461 e. The summed E-state index contributed by atoms with van der Waals surface area (Å²) in [5.41, 5.74) is 1.33. The van der Waals surface area contributed by atoms with Crippen LogP contribution in [0.4, 0.5) is 10.1 Å². The van der Waals surface area contributed by atoms with Crippen molar-refractivity contribution in [3.8, 4) is 0 Å². The summed E-state index contributed by atoms with van der Waals surface area (Å²) in [6.07, 6.45) is 0. The predicted octanol–water partition coefficient (Wildman–Crippen LogP) is 3.62. The van der Waals surface area contributed by atoms with Crippen LogP contribution in [0.25, 0.3) is 0 Å². The lowest BCUT2D eigenvalue weighted by atomic mass is 10.1. The highest BCUT2D eigenvalue weighted by molar-refractivity contribution is 5.72. The summed E-state index contributed by atoms with van der Waals surface area (Å²) < 4.78 is 18.7. The maximum absolute atomic E-state index is 13.4. The molecule has 2 aromatic rings. The topological polar surface area (TPSA) is 38.3 Å². The lowest BCUT2D eigenvalue weighted by molar-refractivity contribution is -0.148. The van der Waals surface area contributed by atoms with E-state index in [9.17, 15) is 9.18 Å². The summed E-state index contributed by atoms with van der Waals surface area (Å²) in [7, 11) is 0. The van der Waals surface area contributed by atoms with Crippen LogP contribution in [0.15, 0.2) is 54.6 Å². The van der Waals surface area contributed by atoms with Crippen molar-refractivity contribution >= 4 is 11.7 Å². The normalized spacial score (nSPS) is 11.7. The van der Waals surface area contributed by atoms with E-state index in [-0.39, 0.29) is 24.3 Å². The lowest BCUT2D eigenvalue weighted by Crippen LogP contribution is -2.22. The molecule has 0 aliphatic carbocycles. The predicted molar refractivity (Wildman–Crippen MR) is 80.3 cm³/mol. The molecule has 1 unspecified atom stereocenters.